The summed E-state index contributed by atoms with van der Waals surface area (Å²) in [5, 5.41) is 3.40. The normalized spacial score (nSPS) is 26.0. The number of thioether (sulfide) groups is 1. The fraction of sp³-hybridized carbons (Fsp3) is 0.938. The van der Waals surface area contributed by atoms with E-state index in [2.05, 4.69) is 42.7 Å². The van der Waals surface area contributed by atoms with Crippen molar-refractivity contribution >= 4 is 51.5 Å². The zero-order valence-corrected chi connectivity index (χ0v) is 19.0. The van der Waals surface area contributed by atoms with Crippen molar-refractivity contribution in [3.8, 4) is 0 Å². The third-order valence-electron chi connectivity index (χ3n) is 5.00. The van der Waals surface area contributed by atoms with Crippen LogP contribution in [0.4, 0.5) is 0 Å². The summed E-state index contributed by atoms with van der Waals surface area (Å²) >= 11 is 2.09. The Hall–Kier alpha value is 0.300. The summed E-state index contributed by atoms with van der Waals surface area (Å²) in [7, 11) is -2.81. The fourth-order valence-electron chi connectivity index (χ4n) is 3.36. The minimum Gasteiger partial charge on any atom is -0.357 e. The van der Waals surface area contributed by atoms with Crippen LogP contribution in [0.15, 0.2) is 4.99 Å². The Balaban J connectivity index is 0.00000288. The van der Waals surface area contributed by atoms with Crippen LogP contribution in [0.2, 0.25) is 0 Å². The number of aliphatic imine (C=N–C) groups is 1. The molecule has 8 heteroatoms. The Morgan fingerprint density at radius 1 is 1.33 bits per heavy atom. The maximum absolute atomic E-state index is 11.6. The van der Waals surface area contributed by atoms with Crippen LogP contribution in [-0.4, -0.2) is 67.5 Å². The van der Waals surface area contributed by atoms with Crippen LogP contribution in [0.25, 0.3) is 0 Å². The number of nitrogens with one attached hydrogen (secondary N) is 1. The summed E-state index contributed by atoms with van der Waals surface area (Å²) in [6.07, 6.45) is 3.10. The van der Waals surface area contributed by atoms with Crippen molar-refractivity contribution in [2.45, 2.75) is 44.8 Å². The molecule has 2 rings (SSSR count). The van der Waals surface area contributed by atoms with Gasteiger partial charge in [-0.3, -0.25) is 4.99 Å². The van der Waals surface area contributed by atoms with E-state index in [1.807, 2.05) is 0 Å². The molecule has 0 aromatic heterocycles. The molecule has 1 N–H and O–H groups in total. The van der Waals surface area contributed by atoms with E-state index in [4.69, 9.17) is 4.99 Å². The highest BCUT2D eigenvalue weighted by molar-refractivity contribution is 14.0. The van der Waals surface area contributed by atoms with Crippen LogP contribution in [0, 0.1) is 5.92 Å². The molecular formula is C16H32IN3O2S2. The van der Waals surface area contributed by atoms with Crippen molar-refractivity contribution in [3.63, 3.8) is 0 Å². The molecule has 2 aliphatic heterocycles. The molecule has 2 aliphatic rings. The summed E-state index contributed by atoms with van der Waals surface area (Å²) in [6, 6.07) is 0. The molecule has 0 radical (unpaired) electrons. The molecule has 0 amide bonds. The van der Waals surface area contributed by atoms with E-state index in [-0.39, 0.29) is 29.9 Å². The molecule has 0 aromatic rings. The first-order valence-corrected chi connectivity index (χ1v) is 11.6. The zero-order valence-electron chi connectivity index (χ0n) is 15.1. The predicted molar refractivity (Wildman–Crippen MR) is 115 cm³/mol. The number of nitrogens with zero attached hydrogens (tertiary/aromatic N) is 2. The largest absolute Gasteiger partial charge is 0.357 e. The molecule has 1 unspecified atom stereocenters. The first kappa shape index (κ1) is 22.3. The van der Waals surface area contributed by atoms with Gasteiger partial charge in [0, 0.05) is 36.7 Å². The lowest BCUT2D eigenvalue weighted by Crippen LogP contribution is -2.52. The first-order chi connectivity index (χ1) is 10.9. The number of halogens is 1. The van der Waals surface area contributed by atoms with Crippen LogP contribution in [-0.2, 0) is 9.84 Å². The monoisotopic (exact) mass is 489 g/mol. The Kier molecular flexibility index (Phi) is 9.17. The Morgan fingerprint density at radius 2 is 2.04 bits per heavy atom. The number of guanidine groups is 1. The van der Waals surface area contributed by atoms with Gasteiger partial charge in [-0.25, -0.2) is 8.42 Å². The van der Waals surface area contributed by atoms with Crippen molar-refractivity contribution < 1.29 is 8.42 Å². The Bertz CT molecular complexity index is 521. The lowest BCUT2D eigenvalue weighted by atomic mass is 10.0. The Labute approximate surface area is 168 Å². The van der Waals surface area contributed by atoms with Crippen molar-refractivity contribution in [3.05, 3.63) is 0 Å². The zero-order chi connectivity index (χ0) is 16.9. The minimum atomic E-state index is -2.81. The maximum Gasteiger partial charge on any atom is 0.193 e. The second-order valence-corrected chi connectivity index (χ2v) is 10.4. The summed E-state index contributed by atoms with van der Waals surface area (Å²) < 4.78 is 23.5. The lowest BCUT2D eigenvalue weighted by molar-refractivity contribution is 0.339. The van der Waals surface area contributed by atoms with Gasteiger partial charge in [-0.15, -0.1) is 24.0 Å². The molecule has 0 saturated carbocycles. The highest BCUT2D eigenvalue weighted by Crippen LogP contribution is 2.36. The molecule has 0 aromatic carbocycles. The highest BCUT2D eigenvalue weighted by Gasteiger charge is 2.34. The van der Waals surface area contributed by atoms with Crippen LogP contribution in [0.3, 0.4) is 0 Å². The highest BCUT2D eigenvalue weighted by atomic mass is 127. The van der Waals surface area contributed by atoms with E-state index in [0.717, 1.165) is 37.8 Å². The molecule has 5 nitrogen and oxygen atoms in total. The van der Waals surface area contributed by atoms with Crippen LogP contribution in [0.5, 0.6) is 0 Å². The van der Waals surface area contributed by atoms with Crippen molar-refractivity contribution in [1.82, 2.24) is 10.2 Å². The van der Waals surface area contributed by atoms with E-state index in [1.165, 1.54) is 12.8 Å². The first-order valence-electron chi connectivity index (χ1n) is 8.81. The average Bonchev–Trinajstić information content (AvgIpc) is 2.90. The van der Waals surface area contributed by atoms with E-state index in [1.54, 1.807) is 0 Å². The van der Waals surface area contributed by atoms with E-state index in [9.17, 15) is 8.42 Å². The van der Waals surface area contributed by atoms with Crippen LogP contribution >= 0.6 is 35.7 Å². The van der Waals surface area contributed by atoms with E-state index >= 15 is 0 Å². The molecule has 0 spiro atoms. The quantitative estimate of drug-likeness (QED) is 0.366. The third kappa shape index (κ3) is 5.93. The summed E-state index contributed by atoms with van der Waals surface area (Å²) in [5.74, 6) is 2.92. The molecule has 0 aliphatic carbocycles. The number of sulfone groups is 1. The van der Waals surface area contributed by atoms with Crippen molar-refractivity contribution in [2.24, 2.45) is 10.9 Å². The van der Waals surface area contributed by atoms with Crippen molar-refractivity contribution in [1.29, 1.82) is 0 Å². The van der Waals surface area contributed by atoms with Gasteiger partial charge in [-0.05, 0) is 32.1 Å². The van der Waals surface area contributed by atoms with Gasteiger partial charge in [0.1, 0.15) is 0 Å². The molecular weight excluding hydrogens is 457 g/mol. The van der Waals surface area contributed by atoms with Crippen molar-refractivity contribution in [2.75, 3.05) is 43.4 Å². The van der Waals surface area contributed by atoms with Gasteiger partial charge in [0.25, 0.3) is 0 Å². The topological polar surface area (TPSA) is 61.8 Å². The van der Waals surface area contributed by atoms with Crippen LogP contribution < -0.4 is 5.32 Å². The fourth-order valence-corrected chi connectivity index (χ4v) is 6.61. The van der Waals surface area contributed by atoms with Gasteiger partial charge < -0.3 is 10.2 Å². The summed E-state index contributed by atoms with van der Waals surface area (Å²) in [6.45, 7) is 10.1. The summed E-state index contributed by atoms with van der Waals surface area (Å²) in [4.78, 5) is 7.15. The molecule has 1 atom stereocenters. The van der Waals surface area contributed by atoms with Gasteiger partial charge >= 0.3 is 0 Å². The number of hydrogen-bond acceptors (Lipinski definition) is 4. The molecule has 142 valence electrons. The molecule has 24 heavy (non-hydrogen) atoms. The lowest BCUT2D eigenvalue weighted by Gasteiger charge is -2.42. The maximum atomic E-state index is 11.6. The van der Waals surface area contributed by atoms with Gasteiger partial charge in [0.2, 0.25) is 0 Å². The molecule has 2 fully saturated rings. The smallest absolute Gasteiger partial charge is 0.193 e. The molecule has 2 heterocycles. The SMILES string of the molecule is CCNC(=NCC1CCS(=O)(=O)C1)N1CCSC(CC)(CC)C1.I. The molecule has 2 saturated heterocycles. The number of hydrogen-bond donors (Lipinski definition) is 1. The minimum absolute atomic E-state index is 0. The van der Waals surface area contributed by atoms with Gasteiger partial charge in [0.15, 0.2) is 15.8 Å². The Morgan fingerprint density at radius 3 is 2.58 bits per heavy atom. The van der Waals surface area contributed by atoms with E-state index < -0.39 is 9.84 Å². The second-order valence-electron chi connectivity index (χ2n) is 6.62. The van der Waals surface area contributed by atoms with Gasteiger partial charge in [-0.1, -0.05) is 13.8 Å². The second kappa shape index (κ2) is 9.85. The standard InChI is InChI=1S/C16H31N3O2S2.HI/c1-4-16(5-2)13-19(8-9-22-16)15(17-6-3)18-11-14-7-10-23(20,21)12-14;/h14H,4-13H2,1-3H3,(H,17,18);1H. The number of rotatable bonds is 5. The summed E-state index contributed by atoms with van der Waals surface area (Å²) in [5.41, 5.74) is 0. The van der Waals surface area contributed by atoms with E-state index in [0.29, 0.717) is 22.8 Å². The van der Waals surface area contributed by atoms with Crippen LogP contribution in [0.1, 0.15) is 40.0 Å². The van der Waals surface area contributed by atoms with Gasteiger partial charge in [-0.2, -0.15) is 11.8 Å². The predicted octanol–water partition coefficient (Wildman–Crippen LogP) is 2.61. The molecule has 0 bridgehead atoms. The third-order valence-corrected chi connectivity index (χ3v) is 8.54. The van der Waals surface area contributed by atoms with Gasteiger partial charge in [0.05, 0.1) is 11.5 Å². The average molecular weight is 489 g/mol.